The van der Waals surface area contributed by atoms with Crippen LogP contribution in [-0.4, -0.2) is 15.9 Å². The van der Waals surface area contributed by atoms with E-state index < -0.39 is 0 Å². The Bertz CT molecular complexity index is 851. The minimum absolute atomic E-state index is 0.214. The van der Waals surface area contributed by atoms with Crippen molar-refractivity contribution in [3.8, 4) is 0 Å². The SMILES string of the molecule is Cc1cc(Nc2ccc(NC(=O)c3cccnc3)cn2)ccc1Br. The predicted molar refractivity (Wildman–Crippen MR) is 98.6 cm³/mol. The van der Waals surface area contributed by atoms with Crippen LogP contribution in [0.2, 0.25) is 0 Å². The minimum Gasteiger partial charge on any atom is -0.340 e. The van der Waals surface area contributed by atoms with Crippen molar-refractivity contribution >= 4 is 39.0 Å². The van der Waals surface area contributed by atoms with Crippen LogP contribution in [0, 0.1) is 6.92 Å². The lowest BCUT2D eigenvalue weighted by molar-refractivity contribution is 0.102. The first-order chi connectivity index (χ1) is 11.6. The smallest absolute Gasteiger partial charge is 0.257 e. The average molecular weight is 383 g/mol. The van der Waals surface area contributed by atoms with Gasteiger partial charge in [-0.05, 0) is 55.0 Å². The zero-order valence-electron chi connectivity index (χ0n) is 13.0. The van der Waals surface area contributed by atoms with Gasteiger partial charge in [-0.15, -0.1) is 0 Å². The Morgan fingerprint density at radius 1 is 1.08 bits per heavy atom. The van der Waals surface area contributed by atoms with E-state index in [1.165, 1.54) is 6.20 Å². The second-order valence-corrected chi connectivity index (χ2v) is 6.07. The lowest BCUT2D eigenvalue weighted by Gasteiger charge is -2.09. The van der Waals surface area contributed by atoms with Gasteiger partial charge < -0.3 is 10.6 Å². The number of rotatable bonds is 4. The van der Waals surface area contributed by atoms with Gasteiger partial charge in [-0.3, -0.25) is 9.78 Å². The van der Waals surface area contributed by atoms with Gasteiger partial charge in [0.25, 0.3) is 5.91 Å². The number of hydrogen-bond donors (Lipinski definition) is 2. The number of carbonyl (C=O) groups excluding carboxylic acids is 1. The molecule has 5 nitrogen and oxygen atoms in total. The van der Waals surface area contributed by atoms with Gasteiger partial charge >= 0.3 is 0 Å². The second kappa shape index (κ2) is 7.23. The monoisotopic (exact) mass is 382 g/mol. The zero-order chi connectivity index (χ0) is 16.9. The fraction of sp³-hybridized carbons (Fsp3) is 0.0556. The molecule has 0 bridgehead atoms. The highest BCUT2D eigenvalue weighted by molar-refractivity contribution is 9.10. The molecule has 2 aromatic heterocycles. The number of hydrogen-bond acceptors (Lipinski definition) is 4. The first-order valence-electron chi connectivity index (χ1n) is 7.32. The molecule has 2 N–H and O–H groups in total. The summed E-state index contributed by atoms with van der Waals surface area (Å²) in [5.74, 6) is 0.491. The fourth-order valence-corrected chi connectivity index (χ4v) is 2.36. The number of carbonyl (C=O) groups is 1. The number of nitrogens with one attached hydrogen (secondary N) is 2. The van der Waals surface area contributed by atoms with Gasteiger partial charge in [0.1, 0.15) is 5.82 Å². The third-order valence-electron chi connectivity index (χ3n) is 3.38. The Kier molecular flexibility index (Phi) is 4.86. The number of aryl methyl sites for hydroxylation is 1. The predicted octanol–water partition coefficient (Wildman–Crippen LogP) is 4.54. The van der Waals surface area contributed by atoms with Gasteiger partial charge in [0, 0.05) is 22.6 Å². The molecular weight excluding hydrogens is 368 g/mol. The summed E-state index contributed by atoms with van der Waals surface area (Å²) in [6, 6.07) is 13.0. The lowest BCUT2D eigenvalue weighted by Crippen LogP contribution is -2.12. The molecule has 2 heterocycles. The summed E-state index contributed by atoms with van der Waals surface area (Å²) < 4.78 is 1.06. The number of aromatic nitrogens is 2. The Morgan fingerprint density at radius 3 is 2.58 bits per heavy atom. The van der Waals surface area contributed by atoms with Crippen molar-refractivity contribution in [3.63, 3.8) is 0 Å². The van der Waals surface area contributed by atoms with Crippen LogP contribution >= 0.6 is 15.9 Å². The van der Waals surface area contributed by atoms with Crippen LogP contribution in [0.4, 0.5) is 17.2 Å². The van der Waals surface area contributed by atoms with Crippen LogP contribution in [0.5, 0.6) is 0 Å². The number of benzene rings is 1. The van der Waals surface area contributed by atoms with Crippen molar-refractivity contribution in [2.75, 3.05) is 10.6 Å². The third kappa shape index (κ3) is 3.97. The first-order valence-corrected chi connectivity index (χ1v) is 8.12. The fourth-order valence-electron chi connectivity index (χ4n) is 2.11. The van der Waals surface area contributed by atoms with Gasteiger partial charge in [0.2, 0.25) is 0 Å². The number of amides is 1. The minimum atomic E-state index is -0.214. The molecule has 0 aliphatic carbocycles. The quantitative estimate of drug-likeness (QED) is 0.694. The number of nitrogens with zero attached hydrogens (tertiary/aromatic N) is 2. The van der Waals surface area contributed by atoms with E-state index in [1.807, 2.05) is 31.2 Å². The van der Waals surface area contributed by atoms with Gasteiger partial charge in [0.15, 0.2) is 0 Å². The van der Waals surface area contributed by atoms with E-state index in [2.05, 4.69) is 36.5 Å². The molecule has 0 aliphatic rings. The van der Waals surface area contributed by atoms with E-state index in [9.17, 15) is 4.79 Å². The van der Waals surface area contributed by atoms with Crippen molar-refractivity contribution in [2.45, 2.75) is 6.92 Å². The summed E-state index contributed by atoms with van der Waals surface area (Å²) in [5, 5.41) is 6.02. The largest absolute Gasteiger partial charge is 0.340 e. The molecule has 3 rings (SSSR count). The lowest BCUT2D eigenvalue weighted by atomic mass is 10.2. The molecule has 1 aromatic carbocycles. The van der Waals surface area contributed by atoms with E-state index in [1.54, 1.807) is 30.6 Å². The molecule has 0 aliphatic heterocycles. The van der Waals surface area contributed by atoms with E-state index >= 15 is 0 Å². The van der Waals surface area contributed by atoms with Gasteiger partial charge in [-0.25, -0.2) is 4.98 Å². The van der Waals surface area contributed by atoms with Crippen LogP contribution in [0.15, 0.2) is 65.5 Å². The van der Waals surface area contributed by atoms with Crippen molar-refractivity contribution in [3.05, 3.63) is 76.7 Å². The van der Waals surface area contributed by atoms with E-state index in [0.29, 0.717) is 17.1 Å². The summed E-state index contributed by atoms with van der Waals surface area (Å²) in [6.45, 7) is 2.03. The topological polar surface area (TPSA) is 66.9 Å². The van der Waals surface area contributed by atoms with Gasteiger partial charge in [-0.2, -0.15) is 0 Å². The molecule has 0 unspecified atom stereocenters. The highest BCUT2D eigenvalue weighted by Gasteiger charge is 2.06. The third-order valence-corrected chi connectivity index (χ3v) is 4.27. The number of halogens is 1. The molecule has 24 heavy (non-hydrogen) atoms. The molecule has 3 aromatic rings. The van der Waals surface area contributed by atoms with Crippen LogP contribution in [-0.2, 0) is 0 Å². The molecule has 0 radical (unpaired) electrons. The molecule has 0 atom stereocenters. The van der Waals surface area contributed by atoms with E-state index in [0.717, 1.165) is 15.7 Å². The Morgan fingerprint density at radius 2 is 1.92 bits per heavy atom. The number of anilines is 3. The second-order valence-electron chi connectivity index (χ2n) is 5.22. The maximum atomic E-state index is 12.1. The summed E-state index contributed by atoms with van der Waals surface area (Å²) in [7, 11) is 0. The maximum Gasteiger partial charge on any atom is 0.257 e. The van der Waals surface area contributed by atoms with Crippen molar-refractivity contribution in [2.24, 2.45) is 0 Å². The van der Waals surface area contributed by atoms with Crippen molar-refractivity contribution in [1.82, 2.24) is 9.97 Å². The molecule has 0 saturated heterocycles. The standard InChI is InChI=1S/C18H15BrN4O/c1-12-9-14(4-6-16(12)19)22-17-7-5-15(11-21-17)23-18(24)13-3-2-8-20-10-13/h2-11H,1H3,(H,21,22)(H,23,24). The normalized spacial score (nSPS) is 10.2. The van der Waals surface area contributed by atoms with Crippen LogP contribution in [0.3, 0.4) is 0 Å². The van der Waals surface area contributed by atoms with Gasteiger partial charge in [0.05, 0.1) is 17.4 Å². The van der Waals surface area contributed by atoms with Crippen LogP contribution < -0.4 is 10.6 Å². The summed E-state index contributed by atoms with van der Waals surface area (Å²) in [6.07, 6.45) is 4.76. The van der Waals surface area contributed by atoms with Gasteiger partial charge in [-0.1, -0.05) is 15.9 Å². The number of pyridine rings is 2. The summed E-state index contributed by atoms with van der Waals surface area (Å²) in [4.78, 5) is 20.3. The summed E-state index contributed by atoms with van der Waals surface area (Å²) >= 11 is 3.48. The van der Waals surface area contributed by atoms with Crippen molar-refractivity contribution < 1.29 is 4.79 Å². The highest BCUT2D eigenvalue weighted by atomic mass is 79.9. The molecule has 120 valence electrons. The molecule has 0 spiro atoms. The maximum absolute atomic E-state index is 12.1. The Labute approximate surface area is 148 Å². The first kappa shape index (κ1) is 16.1. The molecule has 6 heteroatoms. The molecule has 0 saturated carbocycles. The molecular formula is C18H15BrN4O. The average Bonchev–Trinajstić information content (AvgIpc) is 2.61. The highest BCUT2D eigenvalue weighted by Crippen LogP contribution is 2.22. The van der Waals surface area contributed by atoms with Crippen LogP contribution in [0.1, 0.15) is 15.9 Å². The van der Waals surface area contributed by atoms with Crippen LogP contribution in [0.25, 0.3) is 0 Å². The molecule has 1 amide bonds. The Hall–Kier alpha value is -2.73. The molecule has 0 fully saturated rings. The Balaban J connectivity index is 1.67. The zero-order valence-corrected chi connectivity index (χ0v) is 14.5. The van der Waals surface area contributed by atoms with E-state index in [4.69, 9.17) is 0 Å². The van der Waals surface area contributed by atoms with E-state index in [-0.39, 0.29) is 5.91 Å². The van der Waals surface area contributed by atoms with Crippen molar-refractivity contribution in [1.29, 1.82) is 0 Å². The summed E-state index contributed by atoms with van der Waals surface area (Å²) in [5.41, 5.74) is 3.22.